The van der Waals surface area contributed by atoms with Crippen LogP contribution in [-0.2, 0) is 52.2 Å². The predicted molar refractivity (Wildman–Crippen MR) is 202 cm³/mol. The van der Waals surface area contributed by atoms with E-state index < -0.39 is 209 Å². The first kappa shape index (κ1) is 64.3. The average molecular weight is 989 g/mol. The van der Waals surface area contributed by atoms with Crippen molar-refractivity contribution in [3.63, 3.8) is 0 Å². The summed E-state index contributed by atoms with van der Waals surface area (Å²) in [6.07, 6.45) is 0. The molecule has 0 aromatic rings. The van der Waals surface area contributed by atoms with Crippen molar-refractivity contribution in [2.75, 3.05) is 147 Å². The van der Waals surface area contributed by atoms with Gasteiger partial charge in [-0.1, -0.05) is 0 Å². The molecule has 21 N–H and O–H groups in total. The molecule has 0 heterocycles. The van der Waals surface area contributed by atoms with E-state index in [1.165, 1.54) is 0 Å². The Morgan fingerprint density at radius 2 is 0.530 bits per heavy atom. The molecule has 0 atom stereocenters. The molecule has 0 rings (SSSR count). The third-order valence-electron chi connectivity index (χ3n) is 11.4. The third-order valence-corrected chi connectivity index (χ3v) is 11.4. The number of carbonyl (C=O) groups excluding carboxylic acids is 1. The van der Waals surface area contributed by atoms with Crippen molar-refractivity contribution in [2.24, 2.45) is 5.41 Å². The molecule has 0 saturated heterocycles. The molecule has 32 heteroatoms. The van der Waals surface area contributed by atoms with Crippen molar-refractivity contribution in [1.82, 2.24) is 0 Å². The zero-order chi connectivity index (χ0) is 51.2. The lowest BCUT2D eigenvalue weighted by molar-refractivity contribution is -0.509. The molecular weight excluding hydrogens is 920 g/mol. The van der Waals surface area contributed by atoms with Gasteiger partial charge in [-0.25, -0.2) is 0 Å². The van der Waals surface area contributed by atoms with E-state index in [-0.39, 0.29) is 0 Å². The number of aliphatic hydroxyl groups excluding tert-OH is 21. The summed E-state index contributed by atoms with van der Waals surface area (Å²) in [5.74, 6) is -10.1. The first-order chi connectivity index (χ1) is 31.4. The Labute approximate surface area is 375 Å². The molecule has 0 aliphatic carbocycles. The molecule has 0 fully saturated rings. The number of rotatable bonds is 41. The molecule has 0 saturated carbocycles. The molecule has 66 heavy (non-hydrogen) atoms. The molecule has 0 radical (unpaired) electrons. The SMILES string of the molecule is CCOC(=O)C(C(CO)(CO)OCO)(C(OC(CO)(CO)OCO)(C(CO)(CO)OCO)C(CO)(CO)OCO)C(OC(CO)(CO)OCO)(C(CO)(CO)OCO)C(CO)(CO)OCO. The molecule has 0 unspecified atom stereocenters. The Balaban J connectivity index is 12.5. The molecule has 0 aliphatic rings. The summed E-state index contributed by atoms with van der Waals surface area (Å²) in [6, 6.07) is 0. The van der Waals surface area contributed by atoms with E-state index in [9.17, 15) is 107 Å². The fraction of sp³-hybridized carbons (Fsp3) is 0.971. The topological polar surface area (TPSA) is 534 Å². The smallest absolute Gasteiger partial charge is 0.321 e. The average Bonchev–Trinajstić information content (AvgIpc) is 3.34. The molecule has 0 amide bonds. The summed E-state index contributed by atoms with van der Waals surface area (Å²) < 4.78 is 55.8. The fourth-order valence-electron chi connectivity index (χ4n) is 8.56. The normalized spacial score (nSPS) is 14.3. The van der Waals surface area contributed by atoms with Crippen LogP contribution >= 0.6 is 0 Å². The molecule has 0 bridgehead atoms. The van der Waals surface area contributed by atoms with E-state index in [1.54, 1.807) is 0 Å². The monoisotopic (exact) mass is 988 g/mol. The van der Waals surface area contributed by atoms with Crippen LogP contribution in [0.15, 0.2) is 0 Å². The summed E-state index contributed by atoms with van der Waals surface area (Å²) in [4.78, 5) is 16.4. The van der Waals surface area contributed by atoms with Crippen LogP contribution in [0.5, 0.6) is 0 Å². The van der Waals surface area contributed by atoms with Crippen molar-refractivity contribution in [3.8, 4) is 0 Å². The summed E-state index contributed by atoms with van der Waals surface area (Å²) in [7, 11) is 0. The highest BCUT2D eigenvalue weighted by molar-refractivity contribution is 5.85. The van der Waals surface area contributed by atoms with Gasteiger partial charge in [-0.15, -0.1) is 0 Å². The maximum atomic E-state index is 16.4. The molecular formula is C34H68O32. The Morgan fingerprint density at radius 1 is 0.318 bits per heavy atom. The second-order valence-corrected chi connectivity index (χ2v) is 14.0. The standard InChI is InChI=1S/C34H68O32/c1-2-57-24(56)32(25(3-35,4-36)58-17-49,33(26(5-37,6-38)59-18-50,27(7-39,8-40)60-19-51)65-30(13-45,14-46)63-22-54)34(28(9-41,10-42)61-20-52,29(11-43,12-44)62-21-53)66-31(15-47,16-48)64-23-55/h35-55H,2-23H2,1H3. The van der Waals surface area contributed by atoms with Gasteiger partial charge in [-0.3, -0.25) is 4.79 Å². The lowest BCUT2D eigenvalue weighted by Gasteiger charge is -2.75. The summed E-state index contributed by atoms with van der Waals surface area (Å²) in [5.41, 5.74) is -35.8. The van der Waals surface area contributed by atoms with E-state index in [0.29, 0.717) is 0 Å². The zero-order valence-corrected chi connectivity index (χ0v) is 35.9. The third kappa shape index (κ3) is 10.1. The summed E-state index contributed by atoms with van der Waals surface area (Å²) in [5, 5.41) is 235. The second kappa shape index (κ2) is 28.2. The van der Waals surface area contributed by atoms with E-state index in [2.05, 4.69) is 0 Å². The zero-order valence-electron chi connectivity index (χ0n) is 35.9. The Morgan fingerprint density at radius 3 is 0.697 bits per heavy atom. The van der Waals surface area contributed by atoms with E-state index >= 15 is 4.79 Å². The van der Waals surface area contributed by atoms with Gasteiger partial charge in [0, 0.05) is 0 Å². The maximum absolute atomic E-state index is 16.4. The Kier molecular flexibility index (Phi) is 27.5. The minimum absolute atomic E-state index is 0.928. The first-order valence-electron chi connectivity index (χ1n) is 19.3. The number of hydrogen-bond donors (Lipinski definition) is 21. The Bertz CT molecular complexity index is 1190. The van der Waals surface area contributed by atoms with Gasteiger partial charge < -0.3 is 155 Å². The lowest BCUT2D eigenvalue weighted by Crippen LogP contribution is -2.99. The van der Waals surface area contributed by atoms with E-state index in [1.807, 2.05) is 0 Å². The fourth-order valence-corrected chi connectivity index (χ4v) is 8.56. The quantitative estimate of drug-likeness (QED) is 0.0200. The van der Waals surface area contributed by atoms with Crippen LogP contribution in [0.25, 0.3) is 0 Å². The minimum atomic E-state index is -5.12. The van der Waals surface area contributed by atoms with Crippen LogP contribution in [-0.4, -0.2) is 311 Å². The van der Waals surface area contributed by atoms with Crippen LogP contribution in [0.3, 0.4) is 0 Å². The summed E-state index contributed by atoms with van der Waals surface area (Å²) >= 11 is 0. The van der Waals surface area contributed by atoms with Crippen LogP contribution in [0, 0.1) is 5.41 Å². The van der Waals surface area contributed by atoms with Crippen molar-refractivity contribution >= 4 is 5.97 Å². The molecule has 0 aromatic heterocycles. The minimum Gasteiger partial charge on any atom is -0.465 e. The summed E-state index contributed by atoms with van der Waals surface area (Å²) in [6.45, 7) is -44.3. The number of carbonyl (C=O) groups is 1. The Hall–Kier alpha value is -1.73. The molecule has 0 spiro atoms. The van der Waals surface area contributed by atoms with Gasteiger partial charge in [-0.05, 0) is 6.92 Å². The highest BCUT2D eigenvalue weighted by atomic mass is 16.8. The van der Waals surface area contributed by atoms with Gasteiger partial charge in [0.1, 0.15) is 53.2 Å². The van der Waals surface area contributed by atoms with E-state index in [4.69, 9.17) is 47.4 Å². The van der Waals surface area contributed by atoms with E-state index in [0.717, 1.165) is 6.92 Å². The van der Waals surface area contributed by atoms with Crippen LogP contribution in [0.2, 0.25) is 0 Å². The number of hydrogen-bond acceptors (Lipinski definition) is 32. The van der Waals surface area contributed by atoms with Crippen molar-refractivity contribution in [1.29, 1.82) is 0 Å². The highest BCUT2D eigenvalue weighted by Crippen LogP contribution is 2.70. The maximum Gasteiger partial charge on any atom is 0.321 e. The number of aliphatic hydroxyl groups is 21. The largest absolute Gasteiger partial charge is 0.465 e. The predicted octanol–water partition coefficient (Wildman–Crippen LogP) is -13.2. The van der Waals surface area contributed by atoms with Gasteiger partial charge in [-0.2, -0.15) is 0 Å². The first-order valence-corrected chi connectivity index (χ1v) is 19.3. The van der Waals surface area contributed by atoms with Crippen molar-refractivity contribution < 1.29 is 159 Å². The van der Waals surface area contributed by atoms with Crippen LogP contribution < -0.4 is 0 Å². The van der Waals surface area contributed by atoms with Crippen molar-refractivity contribution in [2.45, 2.75) is 57.7 Å². The highest BCUT2D eigenvalue weighted by Gasteiger charge is 2.96. The molecule has 0 aromatic carbocycles. The van der Waals surface area contributed by atoms with Gasteiger partial charge in [0.25, 0.3) is 0 Å². The van der Waals surface area contributed by atoms with Gasteiger partial charge in [0.15, 0.2) is 39.0 Å². The van der Waals surface area contributed by atoms with Gasteiger partial charge in [0.2, 0.25) is 11.6 Å². The van der Waals surface area contributed by atoms with Gasteiger partial charge in [0.05, 0.1) is 99.1 Å². The second-order valence-electron chi connectivity index (χ2n) is 14.0. The van der Waals surface area contributed by atoms with Gasteiger partial charge >= 0.3 is 5.97 Å². The molecule has 0 aliphatic heterocycles. The number of esters is 1. The van der Waals surface area contributed by atoms with Crippen LogP contribution in [0.4, 0.5) is 0 Å². The number of ether oxygens (including phenoxy) is 10. The molecule has 396 valence electrons. The van der Waals surface area contributed by atoms with Crippen molar-refractivity contribution in [3.05, 3.63) is 0 Å². The lowest BCUT2D eigenvalue weighted by atomic mass is 9.39. The van der Waals surface area contributed by atoms with Crippen LogP contribution in [0.1, 0.15) is 6.92 Å². The molecule has 32 nitrogen and oxygen atoms in total.